The van der Waals surface area contributed by atoms with E-state index in [-0.39, 0.29) is 12.2 Å². The van der Waals surface area contributed by atoms with Crippen LogP contribution in [0.1, 0.15) is 51.4 Å². The average molecular weight is 202 g/mol. The van der Waals surface area contributed by atoms with E-state index < -0.39 is 12.3 Å². The smallest absolute Gasteiger partial charge is 0.163 e. The number of carbonyl (C=O) groups is 1. The van der Waals surface area contributed by atoms with Crippen molar-refractivity contribution >= 4 is 5.78 Å². The molecule has 1 aliphatic carbocycles. The maximum atomic E-state index is 11.8. The topological polar surface area (TPSA) is 37.3 Å². The second-order valence-corrected chi connectivity index (χ2v) is 4.31. The summed E-state index contributed by atoms with van der Waals surface area (Å²) in [6.07, 6.45) is 6.59. The Labute approximate surface area is 84.5 Å². The summed E-state index contributed by atoms with van der Waals surface area (Å²) in [6, 6.07) is 0. The van der Waals surface area contributed by atoms with Crippen LogP contribution in [-0.2, 0) is 4.79 Å². The minimum Gasteiger partial charge on any atom is -0.390 e. The lowest BCUT2D eigenvalue weighted by atomic mass is 9.81. The average Bonchev–Trinajstić information content (AvgIpc) is 2.18. The van der Waals surface area contributed by atoms with Crippen LogP contribution in [0.25, 0.3) is 0 Å². The molecule has 0 aliphatic heterocycles. The molecule has 0 aromatic carbocycles. The minimum absolute atomic E-state index is 0.277. The highest BCUT2D eigenvalue weighted by atomic mass is 19.1. The Morgan fingerprint density at radius 2 is 1.93 bits per heavy atom. The van der Waals surface area contributed by atoms with Crippen molar-refractivity contribution in [3.05, 3.63) is 0 Å². The van der Waals surface area contributed by atoms with Gasteiger partial charge in [-0.2, -0.15) is 0 Å². The van der Waals surface area contributed by atoms with E-state index in [9.17, 15) is 14.3 Å². The van der Waals surface area contributed by atoms with E-state index in [0.29, 0.717) is 12.8 Å². The van der Waals surface area contributed by atoms with Crippen LogP contribution in [0.15, 0.2) is 0 Å². The summed E-state index contributed by atoms with van der Waals surface area (Å²) in [7, 11) is 0. The molecule has 0 aromatic rings. The fraction of sp³-hybridized carbons (Fsp3) is 0.909. The SMILES string of the molecule is O=C(CF)CCCC1(O)CCCCC1. The van der Waals surface area contributed by atoms with E-state index in [1.54, 1.807) is 0 Å². The van der Waals surface area contributed by atoms with Crippen molar-refractivity contribution in [3.63, 3.8) is 0 Å². The van der Waals surface area contributed by atoms with Crippen LogP contribution in [0.5, 0.6) is 0 Å². The van der Waals surface area contributed by atoms with E-state index in [4.69, 9.17) is 0 Å². The van der Waals surface area contributed by atoms with Gasteiger partial charge in [-0.05, 0) is 25.7 Å². The lowest BCUT2D eigenvalue weighted by Gasteiger charge is -2.31. The molecule has 0 amide bonds. The zero-order valence-corrected chi connectivity index (χ0v) is 8.60. The molecule has 0 atom stereocenters. The quantitative estimate of drug-likeness (QED) is 0.743. The van der Waals surface area contributed by atoms with Crippen molar-refractivity contribution in [2.45, 2.75) is 57.0 Å². The first kappa shape index (κ1) is 11.6. The monoisotopic (exact) mass is 202 g/mol. The third kappa shape index (κ3) is 3.74. The van der Waals surface area contributed by atoms with Crippen LogP contribution in [0, 0.1) is 0 Å². The molecule has 1 fully saturated rings. The van der Waals surface area contributed by atoms with Crippen LogP contribution in [0.4, 0.5) is 4.39 Å². The summed E-state index contributed by atoms with van der Waals surface area (Å²) in [5.74, 6) is -0.343. The van der Waals surface area contributed by atoms with Crippen molar-refractivity contribution in [3.8, 4) is 0 Å². The Balaban J connectivity index is 2.18. The Kier molecular flexibility index (Phi) is 4.52. The van der Waals surface area contributed by atoms with Gasteiger partial charge in [0.05, 0.1) is 5.60 Å². The van der Waals surface area contributed by atoms with Gasteiger partial charge in [-0.3, -0.25) is 4.79 Å². The molecule has 0 bridgehead atoms. The molecule has 1 N–H and O–H groups in total. The lowest BCUT2D eigenvalue weighted by molar-refractivity contribution is -0.120. The summed E-state index contributed by atoms with van der Waals surface area (Å²) < 4.78 is 11.8. The van der Waals surface area contributed by atoms with Gasteiger partial charge in [-0.1, -0.05) is 19.3 Å². The molecule has 1 saturated carbocycles. The number of hydrogen-bond acceptors (Lipinski definition) is 2. The number of alkyl halides is 1. The molecule has 0 spiro atoms. The zero-order chi connectivity index (χ0) is 10.4. The van der Waals surface area contributed by atoms with Gasteiger partial charge in [0.2, 0.25) is 0 Å². The van der Waals surface area contributed by atoms with Gasteiger partial charge in [-0.25, -0.2) is 4.39 Å². The molecule has 0 heterocycles. The highest BCUT2D eigenvalue weighted by Gasteiger charge is 2.28. The maximum absolute atomic E-state index is 11.8. The molecule has 0 unspecified atom stereocenters. The molecule has 1 rings (SSSR count). The maximum Gasteiger partial charge on any atom is 0.163 e. The van der Waals surface area contributed by atoms with Gasteiger partial charge >= 0.3 is 0 Å². The summed E-state index contributed by atoms with van der Waals surface area (Å²) >= 11 is 0. The van der Waals surface area contributed by atoms with Crippen molar-refractivity contribution in [1.82, 2.24) is 0 Å². The lowest BCUT2D eigenvalue weighted by Crippen LogP contribution is -2.31. The predicted molar refractivity (Wildman–Crippen MR) is 52.9 cm³/mol. The second-order valence-electron chi connectivity index (χ2n) is 4.31. The molecule has 14 heavy (non-hydrogen) atoms. The van der Waals surface area contributed by atoms with Crippen LogP contribution in [0.2, 0.25) is 0 Å². The number of hydrogen-bond donors (Lipinski definition) is 1. The number of Topliss-reactive ketones (excluding diaryl/α,β-unsaturated/α-hetero) is 1. The summed E-state index contributed by atoms with van der Waals surface area (Å²) in [5.41, 5.74) is -0.561. The number of aliphatic hydroxyl groups is 1. The second kappa shape index (κ2) is 5.44. The largest absolute Gasteiger partial charge is 0.390 e. The van der Waals surface area contributed by atoms with Crippen molar-refractivity contribution in [1.29, 1.82) is 0 Å². The number of carbonyl (C=O) groups excluding carboxylic acids is 1. The first-order chi connectivity index (χ1) is 6.66. The van der Waals surface area contributed by atoms with E-state index in [1.165, 1.54) is 6.42 Å². The number of ketones is 1. The molecular formula is C11H19FO2. The fourth-order valence-corrected chi connectivity index (χ4v) is 2.14. The molecule has 0 aromatic heterocycles. The Morgan fingerprint density at radius 1 is 1.29 bits per heavy atom. The molecule has 82 valence electrons. The van der Waals surface area contributed by atoms with Gasteiger partial charge in [-0.15, -0.1) is 0 Å². The van der Waals surface area contributed by atoms with Gasteiger partial charge in [0.15, 0.2) is 5.78 Å². The van der Waals surface area contributed by atoms with E-state index in [0.717, 1.165) is 25.7 Å². The predicted octanol–water partition coefficient (Wildman–Crippen LogP) is 2.39. The van der Waals surface area contributed by atoms with Crippen molar-refractivity contribution in [2.75, 3.05) is 6.67 Å². The van der Waals surface area contributed by atoms with E-state index in [2.05, 4.69) is 0 Å². The number of rotatable bonds is 5. The van der Waals surface area contributed by atoms with Crippen LogP contribution in [0.3, 0.4) is 0 Å². The van der Waals surface area contributed by atoms with Crippen LogP contribution >= 0.6 is 0 Å². The van der Waals surface area contributed by atoms with Gasteiger partial charge in [0, 0.05) is 6.42 Å². The van der Waals surface area contributed by atoms with Gasteiger partial charge in [0.1, 0.15) is 6.67 Å². The zero-order valence-electron chi connectivity index (χ0n) is 8.60. The molecule has 2 nitrogen and oxygen atoms in total. The Hall–Kier alpha value is -0.440. The van der Waals surface area contributed by atoms with Crippen LogP contribution in [-0.4, -0.2) is 23.2 Å². The van der Waals surface area contributed by atoms with Crippen molar-refractivity contribution in [2.24, 2.45) is 0 Å². The summed E-state index contributed by atoms with van der Waals surface area (Å²) in [4.78, 5) is 10.7. The molecular weight excluding hydrogens is 183 g/mol. The van der Waals surface area contributed by atoms with E-state index >= 15 is 0 Å². The Bertz CT molecular complexity index is 186. The van der Waals surface area contributed by atoms with Crippen molar-refractivity contribution < 1.29 is 14.3 Å². The first-order valence-electron chi connectivity index (χ1n) is 5.46. The summed E-state index contributed by atoms with van der Waals surface area (Å²) in [6.45, 7) is -0.863. The molecule has 1 aliphatic rings. The van der Waals surface area contributed by atoms with Gasteiger partial charge in [0.25, 0.3) is 0 Å². The highest BCUT2D eigenvalue weighted by molar-refractivity contribution is 5.79. The normalized spacial score (nSPS) is 20.7. The number of halogens is 1. The highest BCUT2D eigenvalue weighted by Crippen LogP contribution is 2.32. The molecule has 0 saturated heterocycles. The van der Waals surface area contributed by atoms with Crippen LogP contribution < -0.4 is 0 Å². The third-order valence-electron chi connectivity index (χ3n) is 3.03. The summed E-state index contributed by atoms with van der Waals surface area (Å²) in [5, 5.41) is 10.1. The molecule has 0 radical (unpaired) electrons. The fourth-order valence-electron chi connectivity index (χ4n) is 2.14. The third-order valence-corrected chi connectivity index (χ3v) is 3.03. The first-order valence-corrected chi connectivity index (χ1v) is 5.46. The van der Waals surface area contributed by atoms with E-state index in [1.807, 2.05) is 0 Å². The Morgan fingerprint density at radius 3 is 2.50 bits per heavy atom. The minimum atomic E-state index is -0.863. The van der Waals surface area contributed by atoms with Gasteiger partial charge < -0.3 is 5.11 Å². The standard InChI is InChI=1S/C11H19FO2/c12-9-10(13)5-4-8-11(14)6-2-1-3-7-11/h14H,1-9H2. The molecule has 3 heteroatoms.